The van der Waals surface area contributed by atoms with Gasteiger partial charge in [0.25, 0.3) is 5.91 Å². The molecule has 1 atom stereocenters. The topological polar surface area (TPSA) is 124 Å². The Bertz CT molecular complexity index is 935. The molecule has 0 radical (unpaired) electrons. The first-order valence-corrected chi connectivity index (χ1v) is 11.6. The number of hydrogen-bond donors (Lipinski definition) is 3. The maximum absolute atomic E-state index is 14.4. The van der Waals surface area contributed by atoms with E-state index in [9.17, 15) is 9.18 Å². The average Bonchev–Trinajstić information content (AvgIpc) is 3.33. The van der Waals surface area contributed by atoms with Crippen LogP contribution in [0.2, 0.25) is 0 Å². The zero-order valence-electron chi connectivity index (χ0n) is 20.3. The SMILES string of the molecule is CC(C)c1noc(N2CCN(C(C)CCOc3ccc(C(=O)NC(CO)CO)c(F)c3)CC2)n1.Cl. The molecule has 1 unspecified atom stereocenters. The van der Waals surface area contributed by atoms with E-state index in [0.29, 0.717) is 24.2 Å². The molecule has 12 heteroatoms. The van der Waals surface area contributed by atoms with Crippen molar-refractivity contribution in [1.82, 2.24) is 20.4 Å². The molecule has 0 bridgehead atoms. The van der Waals surface area contributed by atoms with Gasteiger partial charge >= 0.3 is 6.01 Å². The van der Waals surface area contributed by atoms with Crippen molar-refractivity contribution in [2.75, 3.05) is 50.9 Å². The van der Waals surface area contributed by atoms with Gasteiger partial charge in [0.05, 0.1) is 31.4 Å². The maximum Gasteiger partial charge on any atom is 0.324 e. The molecule has 1 aromatic heterocycles. The van der Waals surface area contributed by atoms with Gasteiger partial charge in [-0.2, -0.15) is 4.98 Å². The number of anilines is 1. The van der Waals surface area contributed by atoms with Gasteiger partial charge in [0, 0.05) is 44.2 Å². The number of aliphatic hydroxyl groups excluding tert-OH is 2. The number of carbonyl (C=O) groups excluding carboxylic acids is 1. The van der Waals surface area contributed by atoms with E-state index in [2.05, 4.69) is 32.2 Å². The minimum Gasteiger partial charge on any atom is -0.493 e. The summed E-state index contributed by atoms with van der Waals surface area (Å²) in [6, 6.07) is 4.04. The number of benzene rings is 1. The summed E-state index contributed by atoms with van der Waals surface area (Å²) in [6.07, 6.45) is 0.761. The molecule has 0 aliphatic carbocycles. The van der Waals surface area contributed by atoms with Crippen LogP contribution in [0, 0.1) is 5.82 Å². The van der Waals surface area contributed by atoms with E-state index in [1.165, 1.54) is 18.2 Å². The number of amides is 1. The second kappa shape index (κ2) is 13.6. The van der Waals surface area contributed by atoms with Gasteiger partial charge in [-0.15, -0.1) is 12.4 Å². The molecular formula is C23H35ClFN5O5. The molecule has 1 aliphatic heterocycles. The second-order valence-electron chi connectivity index (χ2n) is 8.78. The third-order valence-electron chi connectivity index (χ3n) is 5.92. The molecule has 1 saturated heterocycles. The van der Waals surface area contributed by atoms with E-state index in [1.54, 1.807) is 0 Å². The third kappa shape index (κ3) is 7.76. The lowest BCUT2D eigenvalue weighted by atomic mass is 10.1. The minimum absolute atomic E-state index is 0. The average molecular weight is 516 g/mol. The van der Waals surface area contributed by atoms with Crippen LogP contribution in [-0.2, 0) is 0 Å². The number of aliphatic hydroxyl groups is 2. The number of nitrogens with one attached hydrogen (secondary N) is 1. The van der Waals surface area contributed by atoms with E-state index in [1.807, 2.05) is 13.8 Å². The molecule has 3 N–H and O–H groups in total. The van der Waals surface area contributed by atoms with Crippen molar-refractivity contribution in [3.63, 3.8) is 0 Å². The number of nitrogens with zero attached hydrogens (tertiary/aromatic N) is 4. The van der Waals surface area contributed by atoms with Crippen molar-refractivity contribution < 1.29 is 28.7 Å². The van der Waals surface area contributed by atoms with Crippen molar-refractivity contribution in [2.45, 2.75) is 45.2 Å². The zero-order valence-corrected chi connectivity index (χ0v) is 21.1. The largest absolute Gasteiger partial charge is 0.493 e. The fraction of sp³-hybridized carbons (Fsp3) is 0.609. The summed E-state index contributed by atoms with van der Waals surface area (Å²) in [7, 11) is 0. The van der Waals surface area contributed by atoms with Gasteiger partial charge in [-0.1, -0.05) is 19.0 Å². The van der Waals surface area contributed by atoms with Gasteiger partial charge in [0.1, 0.15) is 11.6 Å². The van der Waals surface area contributed by atoms with E-state index in [0.717, 1.165) is 32.6 Å². The van der Waals surface area contributed by atoms with Crippen LogP contribution < -0.4 is 15.0 Å². The molecule has 0 spiro atoms. The highest BCUT2D eigenvalue weighted by Crippen LogP contribution is 2.20. The number of ether oxygens (including phenoxy) is 1. The Kier molecular flexibility index (Phi) is 11.2. The Morgan fingerprint density at radius 2 is 1.89 bits per heavy atom. The van der Waals surface area contributed by atoms with Crippen LogP contribution >= 0.6 is 12.4 Å². The fourth-order valence-electron chi connectivity index (χ4n) is 3.66. The first-order chi connectivity index (χ1) is 16.3. The Labute approximate surface area is 210 Å². The Hall–Kier alpha value is -2.47. The van der Waals surface area contributed by atoms with Crippen molar-refractivity contribution in [1.29, 1.82) is 0 Å². The first-order valence-electron chi connectivity index (χ1n) is 11.6. The molecule has 1 aromatic carbocycles. The highest BCUT2D eigenvalue weighted by Gasteiger charge is 2.25. The number of hydrogen-bond acceptors (Lipinski definition) is 9. The lowest BCUT2D eigenvalue weighted by Gasteiger charge is -2.37. The Balaban J connectivity index is 0.00000432. The van der Waals surface area contributed by atoms with Crippen LogP contribution in [0.5, 0.6) is 5.75 Å². The standard InChI is InChI=1S/C23H34FN5O5.ClH/c1-15(2)21-26-23(34-27-21)29-9-7-28(8-10-29)16(3)6-11-33-18-4-5-19(20(24)12-18)22(32)25-17(13-30)14-31;/h4-5,12,15-17,30-31H,6-11,13-14H2,1-3H3,(H,25,32);1H. The Morgan fingerprint density at radius 3 is 2.46 bits per heavy atom. The van der Waals surface area contributed by atoms with Gasteiger partial charge in [-0.25, -0.2) is 4.39 Å². The summed E-state index contributed by atoms with van der Waals surface area (Å²) in [4.78, 5) is 21.0. The maximum atomic E-state index is 14.4. The lowest BCUT2D eigenvalue weighted by Crippen LogP contribution is -2.50. The predicted octanol–water partition coefficient (Wildman–Crippen LogP) is 1.82. The molecule has 196 valence electrons. The van der Waals surface area contributed by atoms with Crippen LogP contribution in [-0.4, -0.2) is 89.2 Å². The smallest absolute Gasteiger partial charge is 0.324 e. The lowest BCUT2D eigenvalue weighted by molar-refractivity contribution is 0.0875. The van der Waals surface area contributed by atoms with Gasteiger partial charge in [-0.3, -0.25) is 9.69 Å². The summed E-state index contributed by atoms with van der Waals surface area (Å²) in [5, 5.41) is 24.5. The molecule has 1 fully saturated rings. The van der Waals surface area contributed by atoms with Crippen LogP contribution in [0.3, 0.4) is 0 Å². The molecule has 3 rings (SSSR count). The number of halogens is 2. The first kappa shape index (κ1) is 28.8. The Morgan fingerprint density at radius 1 is 1.20 bits per heavy atom. The van der Waals surface area contributed by atoms with E-state index in [4.69, 9.17) is 19.5 Å². The van der Waals surface area contributed by atoms with Gasteiger partial charge in [0.15, 0.2) is 5.82 Å². The van der Waals surface area contributed by atoms with Gasteiger partial charge < -0.3 is 29.7 Å². The summed E-state index contributed by atoms with van der Waals surface area (Å²) >= 11 is 0. The number of rotatable bonds is 11. The van der Waals surface area contributed by atoms with Crippen molar-refractivity contribution in [3.8, 4) is 5.75 Å². The molecule has 10 nitrogen and oxygen atoms in total. The molecule has 2 heterocycles. The summed E-state index contributed by atoms with van der Waals surface area (Å²) < 4.78 is 25.4. The van der Waals surface area contributed by atoms with Crippen molar-refractivity contribution >= 4 is 24.3 Å². The quantitative estimate of drug-likeness (QED) is 0.411. The predicted molar refractivity (Wildman–Crippen MR) is 131 cm³/mol. The van der Waals surface area contributed by atoms with E-state index >= 15 is 0 Å². The van der Waals surface area contributed by atoms with E-state index < -0.39 is 31.0 Å². The monoisotopic (exact) mass is 515 g/mol. The fourth-order valence-corrected chi connectivity index (χ4v) is 3.66. The molecule has 0 saturated carbocycles. The number of piperazine rings is 1. The van der Waals surface area contributed by atoms with Crippen molar-refractivity contribution in [2.24, 2.45) is 0 Å². The van der Waals surface area contributed by atoms with Crippen molar-refractivity contribution in [3.05, 3.63) is 35.4 Å². The number of carbonyl (C=O) groups is 1. The van der Waals surface area contributed by atoms with Crippen LogP contribution in [0.25, 0.3) is 0 Å². The molecule has 1 amide bonds. The minimum atomic E-state index is -0.837. The van der Waals surface area contributed by atoms with E-state index in [-0.39, 0.29) is 29.9 Å². The third-order valence-corrected chi connectivity index (χ3v) is 5.92. The zero-order chi connectivity index (χ0) is 24.7. The molecular weight excluding hydrogens is 481 g/mol. The normalized spacial score (nSPS) is 15.3. The second-order valence-corrected chi connectivity index (χ2v) is 8.78. The van der Waals surface area contributed by atoms with Crippen LogP contribution in [0.15, 0.2) is 22.7 Å². The van der Waals surface area contributed by atoms with Gasteiger partial charge in [0.2, 0.25) is 0 Å². The van der Waals surface area contributed by atoms with Crippen LogP contribution in [0.1, 0.15) is 49.3 Å². The highest BCUT2D eigenvalue weighted by atomic mass is 35.5. The number of aromatic nitrogens is 2. The summed E-state index contributed by atoms with van der Waals surface area (Å²) in [6.45, 7) is 9.05. The summed E-state index contributed by atoms with van der Waals surface area (Å²) in [5.41, 5.74) is -0.174. The highest BCUT2D eigenvalue weighted by molar-refractivity contribution is 5.94. The summed E-state index contributed by atoms with van der Waals surface area (Å²) in [5.74, 6) is -0.149. The van der Waals surface area contributed by atoms with Gasteiger partial charge in [-0.05, 0) is 25.5 Å². The molecule has 1 aliphatic rings. The van der Waals surface area contributed by atoms with Crippen LogP contribution in [0.4, 0.5) is 10.4 Å². The molecule has 35 heavy (non-hydrogen) atoms. The molecule has 2 aromatic rings.